The van der Waals surface area contributed by atoms with E-state index in [4.69, 9.17) is 5.73 Å². The fourth-order valence-electron chi connectivity index (χ4n) is 8.73. The molecule has 0 bridgehead atoms. The van der Waals surface area contributed by atoms with Crippen LogP contribution in [0.25, 0.3) is 5.70 Å². The first-order valence-corrected chi connectivity index (χ1v) is 12.6. The SMILES string of the molecule is C=C(N)c1cnn(CC(=O)[C@H]2CC[C@H]3[C@@H]4CC[C@@H]5C[C@](C)(O)CC[C@]5(C)[C@H]4CC[C@]23C)n1. The Morgan fingerprint density at radius 3 is 2.59 bits per heavy atom. The number of Topliss-reactive ketones (excluding diaryl/α,β-unsaturated/α-hetero) is 1. The second-order valence-corrected chi connectivity index (χ2v) is 12.3. The van der Waals surface area contributed by atoms with E-state index in [-0.39, 0.29) is 23.7 Å². The second kappa shape index (κ2) is 7.41. The molecule has 0 aromatic carbocycles. The maximum Gasteiger partial charge on any atom is 0.159 e. The number of rotatable bonds is 4. The lowest BCUT2D eigenvalue weighted by molar-refractivity contribution is -0.151. The summed E-state index contributed by atoms with van der Waals surface area (Å²) < 4.78 is 0. The van der Waals surface area contributed by atoms with E-state index in [0.717, 1.165) is 43.9 Å². The van der Waals surface area contributed by atoms with Gasteiger partial charge in [-0.3, -0.25) is 4.79 Å². The van der Waals surface area contributed by atoms with Crippen molar-refractivity contribution in [1.82, 2.24) is 15.0 Å². The van der Waals surface area contributed by atoms with Gasteiger partial charge in [-0.2, -0.15) is 15.0 Å². The Labute approximate surface area is 192 Å². The van der Waals surface area contributed by atoms with Crippen molar-refractivity contribution >= 4 is 11.5 Å². The zero-order chi connectivity index (χ0) is 22.9. The fraction of sp³-hybridized carbons (Fsp3) is 0.808. The third kappa shape index (κ3) is 3.36. The molecule has 0 aliphatic heterocycles. The van der Waals surface area contributed by atoms with Crippen molar-refractivity contribution in [3.63, 3.8) is 0 Å². The highest BCUT2D eigenvalue weighted by Gasteiger charge is 2.61. The van der Waals surface area contributed by atoms with Crippen LogP contribution in [0.5, 0.6) is 0 Å². The molecule has 4 fully saturated rings. The highest BCUT2D eigenvalue weighted by atomic mass is 16.3. The van der Waals surface area contributed by atoms with Crippen LogP contribution in [-0.2, 0) is 11.3 Å². The van der Waals surface area contributed by atoms with E-state index in [1.165, 1.54) is 30.5 Å². The molecule has 32 heavy (non-hydrogen) atoms. The molecule has 3 N–H and O–H groups in total. The first-order valence-electron chi connectivity index (χ1n) is 12.6. The third-order valence-electron chi connectivity index (χ3n) is 10.5. The van der Waals surface area contributed by atoms with Gasteiger partial charge in [0.2, 0.25) is 0 Å². The lowest BCUT2D eigenvalue weighted by Crippen LogP contribution is -2.55. The highest BCUT2D eigenvalue weighted by Crippen LogP contribution is 2.68. The van der Waals surface area contributed by atoms with Gasteiger partial charge in [0, 0.05) is 5.92 Å². The van der Waals surface area contributed by atoms with Crippen molar-refractivity contribution in [2.75, 3.05) is 0 Å². The summed E-state index contributed by atoms with van der Waals surface area (Å²) in [6, 6.07) is 0. The van der Waals surface area contributed by atoms with Crippen molar-refractivity contribution in [2.45, 2.75) is 90.7 Å². The molecule has 8 atom stereocenters. The normalized spacial score (nSPS) is 45.6. The van der Waals surface area contributed by atoms with Crippen LogP contribution >= 0.6 is 0 Å². The number of fused-ring (bicyclic) bond motifs is 5. The van der Waals surface area contributed by atoms with Crippen LogP contribution in [0.2, 0.25) is 0 Å². The molecule has 6 heteroatoms. The van der Waals surface area contributed by atoms with Crippen LogP contribution in [0.1, 0.15) is 84.3 Å². The minimum atomic E-state index is -0.484. The van der Waals surface area contributed by atoms with E-state index >= 15 is 0 Å². The van der Waals surface area contributed by atoms with E-state index in [2.05, 4.69) is 30.6 Å². The Morgan fingerprint density at radius 2 is 1.88 bits per heavy atom. The molecule has 4 aliphatic rings. The van der Waals surface area contributed by atoms with Gasteiger partial charge in [-0.1, -0.05) is 20.4 Å². The van der Waals surface area contributed by atoms with Crippen LogP contribution < -0.4 is 5.73 Å². The van der Waals surface area contributed by atoms with Gasteiger partial charge < -0.3 is 10.8 Å². The number of aliphatic hydroxyl groups is 1. The molecule has 0 saturated heterocycles. The standard InChI is InChI=1S/C26H40N4O2/c1-16(27)22-14-28-30(29-22)15-23(31)21-8-7-19-18-6-5-17-13-24(2,32)11-12-25(17,3)20(18)9-10-26(19,21)4/h14,17-21,32H,1,5-13,15,27H2,2-4H3/t17-,18+,19+,20+,21-,24-,25+,26+/m1/s1. The smallest absolute Gasteiger partial charge is 0.159 e. The van der Waals surface area contributed by atoms with Crippen LogP contribution in [0.15, 0.2) is 12.8 Å². The number of aromatic nitrogens is 3. The Hall–Kier alpha value is -1.69. The molecule has 1 heterocycles. The van der Waals surface area contributed by atoms with E-state index in [9.17, 15) is 9.90 Å². The summed E-state index contributed by atoms with van der Waals surface area (Å²) in [7, 11) is 0. The van der Waals surface area contributed by atoms with Crippen LogP contribution in [0.4, 0.5) is 0 Å². The number of hydrogen-bond acceptors (Lipinski definition) is 5. The molecule has 0 radical (unpaired) electrons. The van der Waals surface area contributed by atoms with Gasteiger partial charge >= 0.3 is 0 Å². The molecular formula is C26H40N4O2. The first-order chi connectivity index (χ1) is 15.0. The predicted molar refractivity (Wildman–Crippen MR) is 124 cm³/mol. The molecule has 4 aliphatic carbocycles. The maximum atomic E-state index is 13.4. The van der Waals surface area contributed by atoms with Crippen molar-refractivity contribution in [1.29, 1.82) is 0 Å². The highest BCUT2D eigenvalue weighted by molar-refractivity contribution is 5.82. The minimum absolute atomic E-state index is 0.0923. The second-order valence-electron chi connectivity index (χ2n) is 12.3. The minimum Gasteiger partial charge on any atom is -0.397 e. The number of ketones is 1. The molecular weight excluding hydrogens is 400 g/mol. The number of carbonyl (C=O) groups is 1. The molecule has 6 nitrogen and oxygen atoms in total. The van der Waals surface area contributed by atoms with Gasteiger partial charge in [-0.25, -0.2) is 0 Å². The molecule has 4 saturated carbocycles. The van der Waals surface area contributed by atoms with E-state index < -0.39 is 5.60 Å². The monoisotopic (exact) mass is 440 g/mol. The van der Waals surface area contributed by atoms with Crippen LogP contribution in [-0.4, -0.2) is 31.5 Å². The van der Waals surface area contributed by atoms with E-state index in [0.29, 0.717) is 28.6 Å². The third-order valence-corrected chi connectivity index (χ3v) is 10.5. The molecule has 1 aromatic heterocycles. The molecule has 176 valence electrons. The zero-order valence-electron chi connectivity index (χ0n) is 20.0. The summed E-state index contributed by atoms with van der Waals surface area (Å²) in [6.07, 6.45) is 11.7. The average molecular weight is 441 g/mol. The Morgan fingerprint density at radius 1 is 1.12 bits per heavy atom. The molecule has 0 spiro atoms. The Balaban J connectivity index is 1.32. The number of nitrogens with two attached hydrogens (primary N) is 1. The summed E-state index contributed by atoms with van der Waals surface area (Å²) in [5, 5.41) is 19.3. The van der Waals surface area contributed by atoms with Crippen molar-refractivity contribution in [3.05, 3.63) is 18.5 Å². The lowest BCUT2D eigenvalue weighted by Gasteiger charge is -2.61. The summed E-state index contributed by atoms with van der Waals surface area (Å²) >= 11 is 0. The summed E-state index contributed by atoms with van der Waals surface area (Å²) in [5.41, 5.74) is 6.60. The van der Waals surface area contributed by atoms with E-state index in [1.54, 1.807) is 6.20 Å². The average Bonchev–Trinajstić information content (AvgIpc) is 3.32. The van der Waals surface area contributed by atoms with Crippen molar-refractivity contribution < 1.29 is 9.90 Å². The van der Waals surface area contributed by atoms with Gasteiger partial charge in [0.15, 0.2) is 5.78 Å². The first kappa shape index (κ1) is 22.1. The van der Waals surface area contributed by atoms with Crippen LogP contribution in [0, 0.1) is 40.4 Å². The zero-order valence-corrected chi connectivity index (χ0v) is 20.0. The predicted octanol–water partition coefficient (Wildman–Crippen LogP) is 4.19. The van der Waals surface area contributed by atoms with Crippen molar-refractivity contribution in [2.24, 2.45) is 46.2 Å². The van der Waals surface area contributed by atoms with Gasteiger partial charge in [-0.15, -0.1) is 0 Å². The summed E-state index contributed by atoms with van der Waals surface area (Å²) in [6.45, 7) is 10.9. The summed E-state index contributed by atoms with van der Waals surface area (Å²) in [5.74, 6) is 3.13. The lowest BCUT2D eigenvalue weighted by atomic mass is 9.44. The molecule has 5 rings (SSSR count). The quantitative estimate of drug-likeness (QED) is 0.732. The molecule has 1 aromatic rings. The number of hydrogen-bond donors (Lipinski definition) is 2. The van der Waals surface area contributed by atoms with Gasteiger partial charge in [0.25, 0.3) is 0 Å². The Kier molecular flexibility index (Phi) is 5.12. The molecule has 0 amide bonds. The van der Waals surface area contributed by atoms with Crippen molar-refractivity contribution in [3.8, 4) is 0 Å². The van der Waals surface area contributed by atoms with E-state index in [1.807, 2.05) is 6.92 Å². The van der Waals surface area contributed by atoms with Gasteiger partial charge in [-0.05, 0) is 99.2 Å². The number of carbonyl (C=O) groups excluding carboxylic acids is 1. The summed E-state index contributed by atoms with van der Waals surface area (Å²) in [4.78, 5) is 14.9. The molecule has 0 unspecified atom stereocenters. The Bertz CT molecular complexity index is 923. The van der Waals surface area contributed by atoms with Gasteiger partial charge in [0.1, 0.15) is 12.2 Å². The fourth-order valence-corrected chi connectivity index (χ4v) is 8.73. The number of nitrogens with zero attached hydrogens (tertiary/aromatic N) is 3. The maximum absolute atomic E-state index is 13.4. The van der Waals surface area contributed by atoms with Crippen LogP contribution in [0.3, 0.4) is 0 Å². The largest absolute Gasteiger partial charge is 0.397 e. The topological polar surface area (TPSA) is 94.0 Å². The van der Waals surface area contributed by atoms with Gasteiger partial charge in [0.05, 0.1) is 17.5 Å².